The van der Waals surface area contributed by atoms with Gasteiger partial charge in [-0.25, -0.2) is 4.79 Å². The Kier molecular flexibility index (Phi) is 54.3. The zero-order chi connectivity index (χ0) is 108. The molecule has 0 spiro atoms. The number of guanidine groups is 3. The van der Waals surface area contributed by atoms with Gasteiger partial charge in [-0.15, -0.1) is 0 Å². The van der Waals surface area contributed by atoms with Crippen LogP contribution >= 0.6 is 25.3 Å². The molecular weight excluding hydrogens is 1920 g/mol. The second-order valence-electron chi connectivity index (χ2n) is 35.2. The van der Waals surface area contributed by atoms with Crippen LogP contribution in [0.25, 0.3) is 10.9 Å². The number of fused-ring (bicyclic) bond motifs is 1. The van der Waals surface area contributed by atoms with E-state index in [9.17, 15) is 117 Å². The quantitative estimate of drug-likeness (QED) is 0.0127. The molecule has 2 aromatic rings. The highest BCUT2D eigenvalue weighted by Gasteiger charge is 2.42. The van der Waals surface area contributed by atoms with E-state index < -0.39 is 327 Å². The Morgan fingerprint density at radius 1 is 0.441 bits per heavy atom. The molecule has 0 radical (unpaired) electrons. The Morgan fingerprint density at radius 3 is 1.25 bits per heavy atom. The Bertz CT molecular complexity index is 4780. The number of thiol groups is 2. The molecule has 0 saturated carbocycles. The number of nitrogens with zero attached hydrogens (tertiary/aromatic N) is 1. The maximum Gasteiger partial charge on any atom is 0.326 e. The van der Waals surface area contributed by atoms with Gasteiger partial charge >= 0.3 is 17.9 Å². The van der Waals surface area contributed by atoms with Crippen molar-refractivity contribution in [3.8, 4) is 0 Å². The molecule has 0 bridgehead atoms. The Labute approximate surface area is 834 Å². The van der Waals surface area contributed by atoms with Crippen molar-refractivity contribution in [1.82, 2.24) is 111 Å². The largest absolute Gasteiger partial charge is 0.481 e. The van der Waals surface area contributed by atoms with Gasteiger partial charge in [0.2, 0.25) is 106 Å². The Balaban J connectivity index is 1.96. The SMILES string of the molecule is CC(C)C[C@H](NC(=O)[C@H](Cc1c[nH]c2ccccc12)NC(=O)[C@H](CCC(=O)O)NC(=O)[C@H](CCCNC(=N)N)NC(=O)[C@H](CC(C)C)NC(=O)[C@@H](NC(=O)[C@@H]1CCCN1C(=O)CNC(=O)[C@H](CO)NC(=O)[C@H](CCCNC(=N)N)NC(=O)[C@H](CS)NC(=O)CN)[C@@H](C)O)C(=O)N[C@@H](C)C(=O)N[C@@H](CS)C(=O)N[C@@H](CCCNC(=N)N)C(=O)N[C@@H](CCC(=O)O)C(=O)N[C@H](C(=O)N[C@@H](CCC(N)=O)C(=O)O)C(C)C. The van der Waals surface area contributed by atoms with E-state index in [0.29, 0.717) is 16.5 Å². The lowest BCUT2D eigenvalue weighted by molar-refractivity contribution is -0.143. The van der Waals surface area contributed by atoms with E-state index in [1.165, 1.54) is 27.0 Å². The van der Waals surface area contributed by atoms with Crippen molar-refractivity contribution in [2.24, 2.45) is 46.4 Å². The van der Waals surface area contributed by atoms with Crippen LogP contribution in [-0.2, 0) is 107 Å². The first-order valence-electron chi connectivity index (χ1n) is 46.3. The predicted molar refractivity (Wildman–Crippen MR) is 521 cm³/mol. The molecule has 1 saturated heterocycles. The minimum atomic E-state index is -1.87. The minimum absolute atomic E-state index is 0.0121. The van der Waals surface area contributed by atoms with E-state index in [4.69, 9.17) is 44.9 Å². The van der Waals surface area contributed by atoms with Crippen LogP contribution in [-0.4, -0.2) is 338 Å². The van der Waals surface area contributed by atoms with Gasteiger partial charge in [0.1, 0.15) is 96.7 Å². The molecular formula is C86H141N29O26S2. The standard InChI is InChI=1S/C86H141N29O26S2/c1-40(2)31-54(75(132)100-43(7)68(125)112-59(39-143)79(136)104-49(18-12-28-96-85(91)92)71(128)106-52(23-26-65(123)124)74(131)113-66(42(5)6)81(138)107-53(83(140)141)21-24-61(88)118)108-77(134)56(33-45-35-98-47-16-10-9-15-46(45)47)109-73(130)51(22-25-64(121)122)105-70(127)48(17-11-27-95-84(89)90)102-76(133)55(32-41(3)4)110-82(139)67(44(8)117)114-80(137)60-20-14-30-115(60)63(120)36-99-69(126)57(37-116)111-72(129)50(19-13-29-97-86(93)94)103-78(135)58(38-142)101-62(119)34-87/h9-10,15-16,35,40-44,48-60,66-67,98,116-117,142-143H,11-14,17-34,36-39,87H2,1-8H3,(H2,88,118)(H,99,126)(H,100,132)(H,101,119)(H,102,133)(H,103,135)(H,104,136)(H,105,127)(H,106,128)(H,107,138)(H,108,134)(H,109,130)(H,110,139)(H,111,129)(H,112,125)(H,113,131)(H,114,137)(H,121,122)(H,123,124)(H,140,141)(H4,89,90,95)(H4,91,92,96)(H4,93,94,97)/t43-,44+,48-,49-,50-,51-,52-,53-,54-,55-,56-,57-,58-,59-,60-,66-,67-/m0/s1. The lowest BCUT2D eigenvalue weighted by atomic mass is 10.00. The van der Waals surface area contributed by atoms with Crippen LogP contribution in [0.3, 0.4) is 0 Å². The summed E-state index contributed by atoms with van der Waals surface area (Å²) in [6.45, 7) is 9.43. The molecule has 38 N–H and O–H groups in total. The molecule has 0 unspecified atom stereocenters. The summed E-state index contributed by atoms with van der Waals surface area (Å²) in [5.41, 5.74) is 27.9. The number of carbonyl (C=O) groups excluding carboxylic acids is 18. The number of nitrogens with two attached hydrogens (primary N) is 5. The molecule has 1 aliphatic rings. The average molecular weight is 2060 g/mol. The number of aromatic amines is 1. The molecule has 57 heteroatoms. The van der Waals surface area contributed by atoms with Crippen molar-refractivity contribution in [1.29, 1.82) is 16.2 Å². The third-order valence-electron chi connectivity index (χ3n) is 22.1. The molecule has 1 fully saturated rings. The third kappa shape index (κ3) is 44.8. The number of hydrogen-bond acceptors (Lipinski definition) is 29. The number of aromatic nitrogens is 1. The molecule has 3 rings (SSSR count). The number of aliphatic carboxylic acids is 3. The summed E-state index contributed by atoms with van der Waals surface area (Å²) in [6, 6.07) is -19.0. The normalized spacial score (nSPS) is 15.6. The van der Waals surface area contributed by atoms with Gasteiger partial charge < -0.3 is 165 Å². The summed E-state index contributed by atoms with van der Waals surface area (Å²) < 4.78 is 0. The number of hydrogen-bond donors (Lipinski definition) is 35. The van der Waals surface area contributed by atoms with Gasteiger partial charge in [0.05, 0.1) is 25.8 Å². The van der Waals surface area contributed by atoms with Crippen molar-refractivity contribution in [2.75, 3.05) is 57.4 Å². The van der Waals surface area contributed by atoms with Crippen LogP contribution in [0, 0.1) is 34.0 Å². The van der Waals surface area contributed by atoms with E-state index in [0.717, 1.165) is 11.8 Å². The summed E-state index contributed by atoms with van der Waals surface area (Å²) in [7, 11) is 0. The Hall–Kier alpha value is -14.0. The smallest absolute Gasteiger partial charge is 0.326 e. The van der Waals surface area contributed by atoms with Gasteiger partial charge in [0.15, 0.2) is 17.9 Å². The van der Waals surface area contributed by atoms with Crippen LogP contribution in [0.5, 0.6) is 0 Å². The molecule has 0 aliphatic carbocycles. The van der Waals surface area contributed by atoms with E-state index in [1.807, 2.05) is 0 Å². The summed E-state index contributed by atoms with van der Waals surface area (Å²) >= 11 is 8.35. The number of nitrogens with one attached hydrogen (secondary N) is 23. The fourth-order valence-electron chi connectivity index (χ4n) is 14.5. The molecule has 143 heavy (non-hydrogen) atoms. The highest BCUT2D eigenvalue weighted by atomic mass is 32.1. The van der Waals surface area contributed by atoms with Crippen molar-refractivity contribution in [3.63, 3.8) is 0 Å². The maximum atomic E-state index is 15.1. The summed E-state index contributed by atoms with van der Waals surface area (Å²) in [4.78, 5) is 291. The van der Waals surface area contributed by atoms with Crippen molar-refractivity contribution in [3.05, 3.63) is 36.0 Å². The van der Waals surface area contributed by atoms with Crippen LogP contribution in [0.15, 0.2) is 30.5 Å². The topological polar surface area (TPSA) is 909 Å². The van der Waals surface area contributed by atoms with Gasteiger partial charge in [-0.3, -0.25) is 112 Å². The summed E-state index contributed by atoms with van der Waals surface area (Å²) in [5.74, 6) is -26.5. The van der Waals surface area contributed by atoms with Gasteiger partial charge in [0, 0.05) is 80.5 Å². The Morgan fingerprint density at radius 2 is 0.825 bits per heavy atom. The van der Waals surface area contributed by atoms with Gasteiger partial charge in [-0.1, -0.05) is 59.7 Å². The highest BCUT2D eigenvalue weighted by molar-refractivity contribution is 7.80. The van der Waals surface area contributed by atoms with E-state index >= 15 is 9.59 Å². The zero-order valence-corrected chi connectivity index (χ0v) is 82.6. The van der Waals surface area contributed by atoms with Crippen LogP contribution in [0.1, 0.15) is 164 Å². The first-order valence-corrected chi connectivity index (χ1v) is 47.6. The number of primary amides is 1. The molecule has 18 amide bonds. The lowest BCUT2D eigenvalue weighted by Gasteiger charge is -2.30. The number of amides is 18. The van der Waals surface area contributed by atoms with Gasteiger partial charge in [0.25, 0.3) is 0 Å². The number of aliphatic hydroxyl groups is 2. The van der Waals surface area contributed by atoms with Gasteiger partial charge in [-0.2, -0.15) is 25.3 Å². The number of H-pyrrole nitrogens is 1. The first kappa shape index (κ1) is 123. The first-order chi connectivity index (χ1) is 67.3. The molecule has 55 nitrogen and oxygen atoms in total. The average Bonchev–Trinajstić information content (AvgIpc) is 1.52. The lowest BCUT2D eigenvalue weighted by Crippen LogP contribution is -2.61. The number of carboxylic acid groups (broad SMARTS) is 3. The highest BCUT2D eigenvalue weighted by Crippen LogP contribution is 2.23. The van der Waals surface area contributed by atoms with Crippen LogP contribution in [0.2, 0.25) is 0 Å². The summed E-state index contributed by atoms with van der Waals surface area (Å²) in [6.07, 6.45) is -5.14. The van der Waals surface area contributed by atoms with Crippen molar-refractivity contribution >= 4 is 178 Å². The van der Waals surface area contributed by atoms with Crippen molar-refractivity contribution in [2.45, 2.75) is 267 Å². The zero-order valence-electron chi connectivity index (χ0n) is 80.9. The maximum absolute atomic E-state index is 15.1. The number of likely N-dealkylation sites (tertiary alicyclic amines) is 1. The molecule has 1 aromatic carbocycles. The fraction of sp³-hybridized carbons (Fsp3) is 0.628. The number of carboxylic acids is 3. The second-order valence-corrected chi connectivity index (χ2v) is 35.9. The number of benzene rings is 1. The number of aliphatic hydroxyl groups excluding tert-OH is 2. The van der Waals surface area contributed by atoms with E-state index in [2.05, 4.69) is 131 Å². The third-order valence-corrected chi connectivity index (χ3v) is 22.9. The van der Waals surface area contributed by atoms with Crippen molar-refractivity contribution < 1.29 is 126 Å². The van der Waals surface area contributed by atoms with E-state index in [1.54, 1.807) is 52.0 Å². The number of para-hydroxylation sites is 1. The molecule has 1 aliphatic heterocycles. The minimum Gasteiger partial charge on any atom is -0.481 e. The fourth-order valence-corrected chi connectivity index (χ4v) is 15.0. The van der Waals surface area contributed by atoms with E-state index in [-0.39, 0.29) is 103 Å². The number of carbonyl (C=O) groups is 21. The van der Waals surface area contributed by atoms with Crippen LogP contribution < -0.4 is 130 Å². The molecule has 2 heterocycles. The predicted octanol–water partition coefficient (Wildman–Crippen LogP) is -10.1. The monoisotopic (exact) mass is 2060 g/mol. The summed E-state index contributed by atoms with van der Waals surface area (Å²) in [5, 5.41) is 121. The van der Waals surface area contributed by atoms with Gasteiger partial charge in [-0.05, 0) is 127 Å². The second kappa shape index (κ2) is 63.0. The molecule has 798 valence electrons. The number of rotatable bonds is 66. The van der Waals surface area contributed by atoms with Crippen LogP contribution in [0.4, 0.5) is 0 Å². The molecule has 17 atom stereocenters. The molecule has 1 aromatic heterocycles.